The fourth-order valence-electron chi connectivity index (χ4n) is 1.90. The van der Waals surface area contributed by atoms with E-state index >= 15 is 0 Å². The molecule has 0 bridgehead atoms. The van der Waals surface area contributed by atoms with Crippen molar-refractivity contribution in [2.24, 2.45) is 4.99 Å². The summed E-state index contributed by atoms with van der Waals surface area (Å²) in [6.07, 6.45) is 0. The Morgan fingerprint density at radius 1 is 1.20 bits per heavy atom. The molecule has 0 amide bonds. The molecule has 7 heteroatoms. The van der Waals surface area contributed by atoms with Gasteiger partial charge in [-0.05, 0) is 33.3 Å². The largest absolute Gasteiger partial charge is 0.375 e. The molecular weight excluding hydrogens is 449 g/mol. The summed E-state index contributed by atoms with van der Waals surface area (Å²) in [6.45, 7) is 11.2. The van der Waals surface area contributed by atoms with Crippen molar-refractivity contribution in [3.8, 4) is 0 Å². The summed E-state index contributed by atoms with van der Waals surface area (Å²) in [4.78, 5) is 4.47. The molecule has 1 aromatic carbocycles. The summed E-state index contributed by atoms with van der Waals surface area (Å²) in [6, 6.07) is 10.1. The third-order valence-electron chi connectivity index (χ3n) is 3.22. The van der Waals surface area contributed by atoms with E-state index in [4.69, 9.17) is 4.74 Å². The van der Waals surface area contributed by atoms with Gasteiger partial charge in [0, 0.05) is 34.4 Å². The van der Waals surface area contributed by atoms with Crippen molar-refractivity contribution < 1.29 is 8.95 Å². The van der Waals surface area contributed by atoms with Crippen molar-refractivity contribution in [2.75, 3.05) is 32.0 Å². The number of rotatable bonds is 9. The second-order valence-corrected chi connectivity index (χ2v) is 8.71. The highest BCUT2D eigenvalue weighted by atomic mass is 127. The maximum atomic E-state index is 12.0. The minimum atomic E-state index is -0.858. The van der Waals surface area contributed by atoms with Gasteiger partial charge in [-0.15, -0.1) is 24.0 Å². The monoisotopic (exact) mass is 481 g/mol. The number of halogens is 1. The Hall–Kier alpha value is -0.670. The Balaban J connectivity index is 0.00000576. The van der Waals surface area contributed by atoms with Crippen molar-refractivity contribution in [3.63, 3.8) is 0 Å². The fraction of sp³-hybridized carbons (Fsp3) is 0.611. The molecule has 0 saturated heterocycles. The molecule has 0 aliphatic heterocycles. The average Bonchev–Trinajstić information content (AvgIpc) is 2.54. The lowest BCUT2D eigenvalue weighted by atomic mass is 10.2. The number of nitrogens with one attached hydrogen (secondary N) is 2. The lowest BCUT2D eigenvalue weighted by Gasteiger charge is -2.18. The molecule has 1 rings (SSSR count). The van der Waals surface area contributed by atoms with E-state index in [0.29, 0.717) is 32.1 Å². The summed E-state index contributed by atoms with van der Waals surface area (Å²) in [5.74, 6) is 1.35. The number of benzene rings is 1. The van der Waals surface area contributed by atoms with E-state index in [1.807, 2.05) is 58.0 Å². The molecule has 0 heterocycles. The highest BCUT2D eigenvalue weighted by Crippen LogP contribution is 2.10. The zero-order chi connectivity index (χ0) is 17.8. The van der Waals surface area contributed by atoms with Crippen molar-refractivity contribution in [1.29, 1.82) is 0 Å². The minimum absolute atomic E-state index is 0. The number of hydrogen-bond acceptors (Lipinski definition) is 3. The quantitative estimate of drug-likeness (QED) is 0.247. The van der Waals surface area contributed by atoms with Crippen LogP contribution in [0, 0.1) is 0 Å². The number of nitrogens with zero attached hydrogens (tertiary/aromatic N) is 1. The van der Waals surface area contributed by atoms with Crippen molar-refractivity contribution in [3.05, 3.63) is 35.9 Å². The predicted molar refractivity (Wildman–Crippen MR) is 118 cm³/mol. The first-order valence-electron chi connectivity index (χ1n) is 8.46. The molecule has 0 aliphatic carbocycles. The summed E-state index contributed by atoms with van der Waals surface area (Å²) >= 11 is 0. The van der Waals surface area contributed by atoms with Crippen molar-refractivity contribution in [2.45, 2.75) is 39.0 Å². The molecule has 0 radical (unpaired) electrons. The molecule has 0 saturated carbocycles. The van der Waals surface area contributed by atoms with Crippen LogP contribution in [-0.2, 0) is 22.1 Å². The van der Waals surface area contributed by atoms with Crippen LogP contribution in [0.5, 0.6) is 0 Å². The van der Waals surface area contributed by atoms with Crippen LogP contribution in [-0.4, -0.2) is 46.9 Å². The van der Waals surface area contributed by atoms with Crippen molar-refractivity contribution in [1.82, 2.24) is 10.6 Å². The zero-order valence-electron chi connectivity index (χ0n) is 15.7. The van der Waals surface area contributed by atoms with Crippen LogP contribution in [0.3, 0.4) is 0 Å². The average molecular weight is 481 g/mol. The first-order chi connectivity index (χ1) is 11.4. The van der Waals surface area contributed by atoms with Crippen LogP contribution in [0.15, 0.2) is 35.3 Å². The van der Waals surface area contributed by atoms with E-state index in [9.17, 15) is 4.21 Å². The molecule has 2 N–H and O–H groups in total. The van der Waals surface area contributed by atoms with Gasteiger partial charge in [0.2, 0.25) is 0 Å². The van der Waals surface area contributed by atoms with Gasteiger partial charge in [-0.25, -0.2) is 0 Å². The van der Waals surface area contributed by atoms with Gasteiger partial charge in [-0.3, -0.25) is 9.20 Å². The minimum Gasteiger partial charge on any atom is -0.375 e. The normalized spacial score (nSPS) is 13.0. The highest BCUT2D eigenvalue weighted by Gasteiger charge is 2.18. The van der Waals surface area contributed by atoms with Crippen LogP contribution in [0.1, 0.15) is 33.3 Å². The van der Waals surface area contributed by atoms with Gasteiger partial charge in [-0.2, -0.15) is 0 Å². The van der Waals surface area contributed by atoms with Crippen LogP contribution < -0.4 is 10.6 Å². The number of guanidine groups is 1. The van der Waals surface area contributed by atoms with Gasteiger partial charge in [0.05, 0.1) is 19.8 Å². The van der Waals surface area contributed by atoms with E-state index in [0.717, 1.165) is 18.1 Å². The first kappa shape index (κ1) is 24.3. The Kier molecular flexibility index (Phi) is 13.2. The maximum absolute atomic E-state index is 12.0. The van der Waals surface area contributed by atoms with Crippen LogP contribution in [0.4, 0.5) is 0 Å². The molecule has 1 atom stereocenters. The molecule has 1 aromatic rings. The van der Waals surface area contributed by atoms with Crippen molar-refractivity contribution >= 4 is 40.7 Å². The Morgan fingerprint density at radius 3 is 2.48 bits per heavy atom. The van der Waals surface area contributed by atoms with Crippen LogP contribution in [0.25, 0.3) is 0 Å². The standard InChI is InChI=1S/C18H31N3O2S.HI/c1-5-19-17(21-12-14-24(22)18(2,3)4)20-11-13-23-15-16-9-7-6-8-10-16;/h6-10H,5,11-15H2,1-4H3,(H2,19,20,21);1H. The Bertz CT molecular complexity index is 519. The number of hydrogen-bond donors (Lipinski definition) is 2. The zero-order valence-corrected chi connectivity index (χ0v) is 18.9. The molecule has 0 aliphatic rings. The SMILES string of the molecule is CCNC(=NCCOCc1ccccc1)NCCS(=O)C(C)(C)C.I. The summed E-state index contributed by atoms with van der Waals surface area (Å²) in [7, 11) is -0.858. The van der Waals surface area contributed by atoms with E-state index in [1.165, 1.54) is 0 Å². The molecule has 0 spiro atoms. The van der Waals surface area contributed by atoms with Crippen LogP contribution in [0.2, 0.25) is 0 Å². The first-order valence-corrected chi connectivity index (χ1v) is 9.77. The third kappa shape index (κ3) is 11.5. The van der Waals surface area contributed by atoms with E-state index in [1.54, 1.807) is 0 Å². The van der Waals surface area contributed by atoms with E-state index < -0.39 is 10.8 Å². The van der Waals surface area contributed by atoms with Gasteiger partial charge >= 0.3 is 0 Å². The third-order valence-corrected chi connectivity index (χ3v) is 5.17. The summed E-state index contributed by atoms with van der Waals surface area (Å²) in [5, 5.41) is 6.41. The molecule has 144 valence electrons. The molecule has 25 heavy (non-hydrogen) atoms. The number of aliphatic imine (C=N–C) groups is 1. The second-order valence-electron chi connectivity index (χ2n) is 6.39. The lowest BCUT2D eigenvalue weighted by Crippen LogP contribution is -2.40. The molecule has 0 aromatic heterocycles. The molecule has 5 nitrogen and oxygen atoms in total. The predicted octanol–water partition coefficient (Wildman–Crippen LogP) is 2.92. The molecule has 1 unspecified atom stereocenters. The molecular formula is C18H32IN3O2S. The highest BCUT2D eigenvalue weighted by molar-refractivity contribution is 14.0. The van der Waals surface area contributed by atoms with E-state index in [-0.39, 0.29) is 28.7 Å². The number of ether oxygens (including phenoxy) is 1. The van der Waals surface area contributed by atoms with Gasteiger partial charge < -0.3 is 15.4 Å². The summed E-state index contributed by atoms with van der Waals surface area (Å²) in [5.41, 5.74) is 1.16. The van der Waals surface area contributed by atoms with Crippen LogP contribution >= 0.6 is 24.0 Å². The van der Waals surface area contributed by atoms with Gasteiger partial charge in [-0.1, -0.05) is 30.3 Å². The fourth-order valence-corrected chi connectivity index (χ4v) is 2.80. The lowest BCUT2D eigenvalue weighted by molar-refractivity contribution is 0.128. The van der Waals surface area contributed by atoms with Gasteiger partial charge in [0.25, 0.3) is 0 Å². The maximum Gasteiger partial charge on any atom is 0.191 e. The Morgan fingerprint density at radius 2 is 1.88 bits per heavy atom. The smallest absolute Gasteiger partial charge is 0.191 e. The Labute approximate surface area is 171 Å². The second kappa shape index (κ2) is 13.5. The summed E-state index contributed by atoms with van der Waals surface area (Å²) < 4.78 is 17.5. The van der Waals surface area contributed by atoms with Gasteiger partial charge in [0.15, 0.2) is 5.96 Å². The topological polar surface area (TPSA) is 62.7 Å². The van der Waals surface area contributed by atoms with E-state index in [2.05, 4.69) is 15.6 Å². The van der Waals surface area contributed by atoms with Gasteiger partial charge in [0.1, 0.15) is 0 Å². The molecule has 0 fully saturated rings.